The van der Waals surface area contributed by atoms with E-state index in [1.54, 1.807) is 18.2 Å². The fraction of sp³-hybridized carbons (Fsp3) is 0.375. The lowest BCUT2D eigenvalue weighted by molar-refractivity contribution is -0.276. The van der Waals surface area contributed by atoms with Crippen LogP contribution in [0.3, 0.4) is 0 Å². The van der Waals surface area contributed by atoms with Crippen LogP contribution in [-0.2, 0) is 11.8 Å². The minimum absolute atomic E-state index is 0.0971. The van der Waals surface area contributed by atoms with Crippen molar-refractivity contribution in [3.05, 3.63) is 58.8 Å². The molecule has 0 aliphatic heterocycles. The van der Waals surface area contributed by atoms with Gasteiger partial charge in [0.1, 0.15) is 11.9 Å². The van der Waals surface area contributed by atoms with E-state index in [0.717, 1.165) is 6.07 Å². The molecule has 1 aliphatic rings. The summed E-state index contributed by atoms with van der Waals surface area (Å²) in [6, 6.07) is 5.46. The first-order valence-electron chi connectivity index (χ1n) is 10.6. The maximum Gasteiger partial charge on any atom is 0.419 e. The molecule has 0 bridgehead atoms. The van der Waals surface area contributed by atoms with Crippen LogP contribution in [-0.4, -0.2) is 32.0 Å². The SMILES string of the molecule is CCc1ncc2c(NC3c4cc(C#N)c(F)c(O)c4C(C)(C)CC3(O)C(F)(F)F)cccc2n1. The number of benzene rings is 2. The number of anilines is 1. The van der Waals surface area contributed by atoms with Gasteiger partial charge in [-0.3, -0.25) is 0 Å². The Labute approximate surface area is 192 Å². The Hall–Kier alpha value is -3.45. The van der Waals surface area contributed by atoms with Crippen molar-refractivity contribution in [2.75, 3.05) is 5.32 Å². The summed E-state index contributed by atoms with van der Waals surface area (Å²) in [5.74, 6) is -1.56. The minimum Gasteiger partial charge on any atom is -0.505 e. The predicted molar refractivity (Wildman–Crippen MR) is 117 cm³/mol. The van der Waals surface area contributed by atoms with Crippen LogP contribution in [0.5, 0.6) is 5.75 Å². The van der Waals surface area contributed by atoms with Crippen molar-refractivity contribution in [3.8, 4) is 11.8 Å². The number of fused-ring (bicyclic) bond motifs is 2. The second-order valence-electron chi connectivity index (χ2n) is 9.10. The van der Waals surface area contributed by atoms with Crippen LogP contribution in [0.2, 0.25) is 0 Å². The summed E-state index contributed by atoms with van der Waals surface area (Å²) in [5.41, 5.74) is -5.00. The van der Waals surface area contributed by atoms with E-state index in [1.807, 2.05) is 6.92 Å². The number of aryl methyl sites for hydroxylation is 1. The number of rotatable bonds is 3. The van der Waals surface area contributed by atoms with Gasteiger partial charge >= 0.3 is 6.18 Å². The number of halogens is 4. The topological polar surface area (TPSA) is 102 Å². The van der Waals surface area contributed by atoms with E-state index < -0.39 is 46.8 Å². The van der Waals surface area contributed by atoms with Gasteiger partial charge in [-0.2, -0.15) is 18.4 Å². The molecule has 3 N–H and O–H groups in total. The standard InChI is InChI=1S/C24H22F4N4O2/c1-4-17-30-10-14-15(31-17)6-5-7-16(14)32-21-13-8-12(9-29)19(25)20(33)18(13)22(2,3)11-23(21,34)24(26,27)28/h5-8,10,21,32-34H,4,11H2,1-3H3. The highest BCUT2D eigenvalue weighted by Gasteiger charge is 2.64. The number of alkyl halides is 3. The smallest absolute Gasteiger partial charge is 0.419 e. The molecule has 0 spiro atoms. The van der Waals surface area contributed by atoms with Gasteiger partial charge in [0.05, 0.1) is 17.1 Å². The average Bonchev–Trinajstić information content (AvgIpc) is 2.76. The fourth-order valence-electron chi connectivity index (χ4n) is 4.81. The number of aliphatic hydroxyl groups is 1. The molecule has 0 amide bonds. The van der Waals surface area contributed by atoms with Gasteiger partial charge in [0, 0.05) is 29.3 Å². The maximum absolute atomic E-state index is 14.6. The summed E-state index contributed by atoms with van der Waals surface area (Å²) < 4.78 is 57.7. The van der Waals surface area contributed by atoms with Gasteiger partial charge < -0.3 is 15.5 Å². The fourth-order valence-corrected chi connectivity index (χ4v) is 4.81. The van der Waals surface area contributed by atoms with Gasteiger partial charge in [0.2, 0.25) is 0 Å². The molecule has 1 heterocycles. The monoisotopic (exact) mass is 474 g/mol. The van der Waals surface area contributed by atoms with Crippen molar-refractivity contribution in [1.29, 1.82) is 5.26 Å². The Morgan fingerprint density at radius 1 is 1.29 bits per heavy atom. The molecule has 0 saturated heterocycles. The highest BCUT2D eigenvalue weighted by molar-refractivity contribution is 5.91. The lowest BCUT2D eigenvalue weighted by Gasteiger charge is -2.49. The zero-order valence-electron chi connectivity index (χ0n) is 18.6. The average molecular weight is 474 g/mol. The van der Waals surface area contributed by atoms with Crippen LogP contribution in [0.4, 0.5) is 23.2 Å². The molecule has 178 valence electrons. The van der Waals surface area contributed by atoms with Crippen LogP contribution in [0.25, 0.3) is 10.9 Å². The van der Waals surface area contributed by atoms with Crippen molar-refractivity contribution < 1.29 is 27.8 Å². The Bertz CT molecular complexity index is 1330. The molecule has 1 aliphatic carbocycles. The lowest BCUT2D eigenvalue weighted by Crippen LogP contribution is -2.58. The molecule has 3 aromatic rings. The quantitative estimate of drug-likeness (QED) is 0.460. The van der Waals surface area contributed by atoms with Crippen LogP contribution in [0.1, 0.15) is 55.7 Å². The maximum atomic E-state index is 14.6. The molecule has 4 rings (SSSR count). The van der Waals surface area contributed by atoms with Gasteiger partial charge in [-0.05, 0) is 35.6 Å². The summed E-state index contributed by atoms with van der Waals surface area (Å²) in [6.07, 6.45) is -3.90. The molecule has 0 saturated carbocycles. The number of aromatic hydroxyl groups is 1. The normalized spacial score (nSPS) is 21.7. The third-order valence-electron chi connectivity index (χ3n) is 6.35. The van der Waals surface area contributed by atoms with Gasteiger partial charge in [-0.15, -0.1) is 0 Å². The number of phenolic OH excluding ortho intramolecular Hbond substituents is 1. The van der Waals surface area contributed by atoms with Crippen molar-refractivity contribution in [2.24, 2.45) is 0 Å². The molecular formula is C24H22F4N4O2. The number of phenols is 1. The number of aromatic nitrogens is 2. The first kappa shape index (κ1) is 23.7. The Balaban J connectivity index is 1.99. The molecule has 10 heteroatoms. The number of hydrogen-bond acceptors (Lipinski definition) is 6. The van der Waals surface area contributed by atoms with Crippen LogP contribution < -0.4 is 5.32 Å². The summed E-state index contributed by atoms with van der Waals surface area (Å²) in [4.78, 5) is 8.60. The molecule has 6 nitrogen and oxygen atoms in total. The molecular weight excluding hydrogens is 452 g/mol. The number of nitrogens with one attached hydrogen (secondary N) is 1. The second-order valence-corrected chi connectivity index (χ2v) is 9.10. The van der Waals surface area contributed by atoms with Crippen molar-refractivity contribution in [3.63, 3.8) is 0 Å². The van der Waals surface area contributed by atoms with Crippen LogP contribution >= 0.6 is 0 Å². The van der Waals surface area contributed by atoms with E-state index >= 15 is 0 Å². The largest absolute Gasteiger partial charge is 0.505 e. The van der Waals surface area contributed by atoms with E-state index in [-0.39, 0.29) is 16.8 Å². The molecule has 0 fully saturated rings. The van der Waals surface area contributed by atoms with Crippen LogP contribution in [0.15, 0.2) is 30.5 Å². The minimum atomic E-state index is -5.09. The molecule has 0 radical (unpaired) electrons. The first-order valence-corrected chi connectivity index (χ1v) is 10.6. The van der Waals surface area contributed by atoms with Crippen molar-refractivity contribution in [1.82, 2.24) is 9.97 Å². The third-order valence-corrected chi connectivity index (χ3v) is 6.35. The zero-order valence-corrected chi connectivity index (χ0v) is 18.6. The Morgan fingerprint density at radius 2 is 2.00 bits per heavy atom. The lowest BCUT2D eigenvalue weighted by atomic mass is 9.63. The Morgan fingerprint density at radius 3 is 2.62 bits per heavy atom. The third kappa shape index (κ3) is 3.51. The van der Waals surface area contributed by atoms with Gasteiger partial charge in [0.25, 0.3) is 0 Å². The molecule has 2 atom stereocenters. The molecule has 2 aromatic carbocycles. The zero-order chi connectivity index (χ0) is 25.1. The van der Waals surface area contributed by atoms with Crippen molar-refractivity contribution in [2.45, 2.75) is 56.8 Å². The molecule has 2 unspecified atom stereocenters. The first-order chi connectivity index (χ1) is 15.8. The van der Waals surface area contributed by atoms with Gasteiger partial charge in [0.15, 0.2) is 17.2 Å². The van der Waals surface area contributed by atoms with E-state index in [4.69, 9.17) is 0 Å². The van der Waals surface area contributed by atoms with E-state index in [0.29, 0.717) is 23.1 Å². The Kier molecular flexibility index (Phi) is 5.44. The van der Waals surface area contributed by atoms with Crippen molar-refractivity contribution >= 4 is 16.6 Å². The highest BCUT2D eigenvalue weighted by atomic mass is 19.4. The van der Waals surface area contributed by atoms with Crippen LogP contribution in [0, 0.1) is 17.1 Å². The summed E-state index contributed by atoms with van der Waals surface area (Å²) in [7, 11) is 0. The number of nitriles is 1. The number of nitrogens with zero attached hydrogens (tertiary/aromatic N) is 3. The summed E-state index contributed by atoms with van der Waals surface area (Å²) in [6.45, 7) is 4.62. The van der Waals surface area contributed by atoms with Gasteiger partial charge in [-0.1, -0.05) is 26.8 Å². The molecule has 1 aromatic heterocycles. The second kappa shape index (κ2) is 7.81. The van der Waals surface area contributed by atoms with E-state index in [2.05, 4.69) is 15.3 Å². The highest BCUT2D eigenvalue weighted by Crippen LogP contribution is 2.57. The summed E-state index contributed by atoms with van der Waals surface area (Å²) in [5, 5.41) is 34.1. The van der Waals surface area contributed by atoms with Gasteiger partial charge in [-0.25, -0.2) is 14.4 Å². The summed E-state index contributed by atoms with van der Waals surface area (Å²) >= 11 is 0. The predicted octanol–water partition coefficient (Wildman–Crippen LogP) is 5.04. The number of hydrogen-bond donors (Lipinski definition) is 3. The van der Waals surface area contributed by atoms with E-state index in [9.17, 15) is 33.0 Å². The van der Waals surface area contributed by atoms with E-state index in [1.165, 1.54) is 26.1 Å². The molecule has 34 heavy (non-hydrogen) atoms.